The highest BCUT2D eigenvalue weighted by atomic mass is 35.5. The van der Waals surface area contributed by atoms with Crippen molar-refractivity contribution < 1.29 is 19.1 Å². The van der Waals surface area contributed by atoms with Gasteiger partial charge in [0.05, 0.1) is 12.6 Å². The van der Waals surface area contributed by atoms with Crippen molar-refractivity contribution in [3.8, 4) is 0 Å². The van der Waals surface area contributed by atoms with Crippen LogP contribution in [0.15, 0.2) is 48.5 Å². The van der Waals surface area contributed by atoms with Gasteiger partial charge in [-0.05, 0) is 41.5 Å². The molecule has 1 aliphatic rings. The van der Waals surface area contributed by atoms with E-state index >= 15 is 0 Å². The number of halogens is 2. The Bertz CT molecular complexity index is 965. The summed E-state index contributed by atoms with van der Waals surface area (Å²) in [6.07, 6.45) is 3.07. The summed E-state index contributed by atoms with van der Waals surface area (Å²) in [6, 6.07) is 11.0. The van der Waals surface area contributed by atoms with Crippen LogP contribution in [0.5, 0.6) is 0 Å². The van der Waals surface area contributed by atoms with Crippen LogP contribution in [0, 0.1) is 5.82 Å². The van der Waals surface area contributed by atoms with E-state index < -0.39 is 0 Å². The number of hydrogen-bond acceptors (Lipinski definition) is 4. The highest BCUT2D eigenvalue weighted by molar-refractivity contribution is 6.31. The summed E-state index contributed by atoms with van der Waals surface area (Å²) < 4.78 is 13.1. The van der Waals surface area contributed by atoms with E-state index in [1.807, 2.05) is 0 Å². The largest absolute Gasteiger partial charge is 0.394 e. The number of carbonyl (C=O) groups excluding carboxylic acids is 2. The topological polar surface area (TPSA) is 72.9 Å². The van der Waals surface area contributed by atoms with Crippen LogP contribution in [0.25, 0.3) is 6.08 Å². The average molecular weight is 446 g/mol. The lowest BCUT2D eigenvalue weighted by atomic mass is 10.1. The molecule has 8 heteroatoms. The zero-order valence-electron chi connectivity index (χ0n) is 17.2. The van der Waals surface area contributed by atoms with E-state index in [9.17, 15) is 19.1 Å². The van der Waals surface area contributed by atoms with Crippen molar-refractivity contribution in [3.63, 3.8) is 0 Å². The molecule has 6 nitrogen and oxygen atoms in total. The molecule has 1 atom stereocenters. The number of piperazine rings is 1. The lowest BCUT2D eigenvalue weighted by molar-refractivity contribution is -0.132. The Labute approximate surface area is 185 Å². The predicted octanol–water partition coefficient (Wildman–Crippen LogP) is 3.16. The first-order chi connectivity index (χ1) is 14.9. The second kappa shape index (κ2) is 10.5. The summed E-state index contributed by atoms with van der Waals surface area (Å²) in [5.41, 5.74) is 2.15. The first kappa shape index (κ1) is 22.9. The van der Waals surface area contributed by atoms with E-state index in [2.05, 4.69) is 10.2 Å². The van der Waals surface area contributed by atoms with Crippen molar-refractivity contribution in [2.24, 2.45) is 0 Å². The molecule has 164 valence electrons. The molecule has 0 spiro atoms. The Morgan fingerprint density at radius 1 is 1.23 bits per heavy atom. The maximum absolute atomic E-state index is 13.1. The summed E-state index contributed by atoms with van der Waals surface area (Å²) in [5, 5.41) is 13.0. The second-order valence-corrected chi connectivity index (χ2v) is 7.91. The molecule has 2 amide bonds. The minimum Gasteiger partial charge on any atom is -0.394 e. The zero-order chi connectivity index (χ0) is 22.4. The van der Waals surface area contributed by atoms with Gasteiger partial charge in [0.25, 0.3) is 0 Å². The van der Waals surface area contributed by atoms with Gasteiger partial charge < -0.3 is 15.3 Å². The lowest BCUT2D eigenvalue weighted by Gasteiger charge is -2.40. The summed E-state index contributed by atoms with van der Waals surface area (Å²) in [5.74, 6) is -0.730. The quantitative estimate of drug-likeness (QED) is 0.670. The van der Waals surface area contributed by atoms with Gasteiger partial charge in [-0.25, -0.2) is 4.39 Å². The minimum absolute atomic E-state index is 0.155. The maximum atomic E-state index is 13.1. The maximum Gasteiger partial charge on any atom is 0.246 e. The third kappa shape index (κ3) is 6.37. The van der Waals surface area contributed by atoms with E-state index in [-0.39, 0.29) is 30.3 Å². The zero-order valence-corrected chi connectivity index (χ0v) is 18.0. The molecule has 1 aliphatic heterocycles. The Hall–Kier alpha value is -2.74. The SMILES string of the molecule is CC(=O)Nc1cc(Cl)ccc1C=CC(=O)N1CCN(Cc2ccc(F)cc2)C[C@H]1CO. The summed E-state index contributed by atoms with van der Waals surface area (Å²) in [6.45, 7) is 3.50. The number of carbonyl (C=O) groups is 2. The van der Waals surface area contributed by atoms with Gasteiger partial charge in [0.2, 0.25) is 11.8 Å². The van der Waals surface area contributed by atoms with Crippen LogP contribution in [0.1, 0.15) is 18.1 Å². The summed E-state index contributed by atoms with van der Waals surface area (Å²) >= 11 is 6.00. The molecule has 0 aliphatic carbocycles. The molecular formula is C23H25ClFN3O3. The fourth-order valence-electron chi connectivity index (χ4n) is 3.59. The van der Waals surface area contributed by atoms with E-state index in [0.29, 0.717) is 42.5 Å². The molecule has 0 bridgehead atoms. The van der Waals surface area contributed by atoms with Gasteiger partial charge in [-0.3, -0.25) is 14.5 Å². The molecule has 2 aromatic carbocycles. The summed E-state index contributed by atoms with van der Waals surface area (Å²) in [7, 11) is 0. The normalized spacial score (nSPS) is 17.2. The van der Waals surface area contributed by atoms with Crippen molar-refractivity contribution >= 4 is 35.2 Å². The van der Waals surface area contributed by atoms with Gasteiger partial charge >= 0.3 is 0 Å². The number of hydrogen-bond donors (Lipinski definition) is 2. The van der Waals surface area contributed by atoms with Gasteiger partial charge in [0.15, 0.2) is 0 Å². The second-order valence-electron chi connectivity index (χ2n) is 7.48. The molecule has 2 N–H and O–H groups in total. The molecule has 1 saturated heterocycles. The monoisotopic (exact) mass is 445 g/mol. The van der Waals surface area contributed by atoms with Crippen molar-refractivity contribution in [2.75, 3.05) is 31.6 Å². The number of nitrogens with zero attached hydrogens (tertiary/aromatic N) is 2. The van der Waals surface area contributed by atoms with Crippen LogP contribution < -0.4 is 5.32 Å². The van der Waals surface area contributed by atoms with Crippen molar-refractivity contribution in [1.29, 1.82) is 0 Å². The van der Waals surface area contributed by atoms with Crippen molar-refractivity contribution in [2.45, 2.75) is 19.5 Å². The van der Waals surface area contributed by atoms with Gasteiger partial charge in [0, 0.05) is 49.9 Å². The highest BCUT2D eigenvalue weighted by Gasteiger charge is 2.28. The Kier molecular flexibility index (Phi) is 7.79. The molecule has 3 rings (SSSR count). The Morgan fingerprint density at radius 3 is 2.65 bits per heavy atom. The third-order valence-corrected chi connectivity index (χ3v) is 5.35. The first-order valence-corrected chi connectivity index (χ1v) is 10.4. The van der Waals surface area contributed by atoms with Crippen LogP contribution >= 0.6 is 11.6 Å². The van der Waals surface area contributed by atoms with E-state index in [0.717, 1.165) is 5.56 Å². The molecular weight excluding hydrogens is 421 g/mol. The van der Waals surface area contributed by atoms with Gasteiger partial charge in [-0.1, -0.05) is 29.8 Å². The smallest absolute Gasteiger partial charge is 0.246 e. The number of aliphatic hydroxyl groups excluding tert-OH is 1. The number of anilines is 1. The van der Waals surface area contributed by atoms with Crippen LogP contribution in [0.4, 0.5) is 10.1 Å². The van der Waals surface area contributed by atoms with Crippen LogP contribution in [-0.2, 0) is 16.1 Å². The van der Waals surface area contributed by atoms with Crippen LogP contribution in [0.3, 0.4) is 0 Å². The van der Waals surface area contributed by atoms with Crippen molar-refractivity contribution in [1.82, 2.24) is 9.80 Å². The van der Waals surface area contributed by atoms with E-state index in [4.69, 9.17) is 11.6 Å². The molecule has 0 radical (unpaired) electrons. The molecule has 1 heterocycles. The minimum atomic E-state index is -0.341. The van der Waals surface area contributed by atoms with Crippen LogP contribution in [-0.4, -0.2) is 59.0 Å². The average Bonchev–Trinajstić information content (AvgIpc) is 2.74. The number of nitrogens with one attached hydrogen (secondary N) is 1. The molecule has 2 aromatic rings. The number of benzene rings is 2. The summed E-state index contributed by atoms with van der Waals surface area (Å²) in [4.78, 5) is 28.0. The third-order valence-electron chi connectivity index (χ3n) is 5.11. The Morgan fingerprint density at radius 2 is 1.97 bits per heavy atom. The fourth-order valence-corrected chi connectivity index (χ4v) is 3.76. The lowest BCUT2D eigenvalue weighted by Crippen LogP contribution is -2.55. The number of amides is 2. The predicted molar refractivity (Wildman–Crippen MR) is 119 cm³/mol. The highest BCUT2D eigenvalue weighted by Crippen LogP contribution is 2.23. The van der Waals surface area contributed by atoms with E-state index in [1.54, 1.807) is 41.3 Å². The van der Waals surface area contributed by atoms with Gasteiger partial charge in [-0.15, -0.1) is 0 Å². The standard InChI is InChI=1S/C23H25ClFN3O3/c1-16(30)26-22-12-19(24)6-4-18(22)5-9-23(31)28-11-10-27(14-21(28)15-29)13-17-2-7-20(25)8-3-17/h2-9,12,21,29H,10-11,13-15H2,1H3,(H,26,30)/t21-/m0/s1. The van der Waals surface area contributed by atoms with E-state index in [1.165, 1.54) is 25.1 Å². The number of rotatable bonds is 6. The molecule has 1 fully saturated rings. The van der Waals surface area contributed by atoms with Gasteiger partial charge in [-0.2, -0.15) is 0 Å². The number of aliphatic hydroxyl groups is 1. The van der Waals surface area contributed by atoms with Gasteiger partial charge in [0.1, 0.15) is 5.82 Å². The van der Waals surface area contributed by atoms with Crippen molar-refractivity contribution in [3.05, 3.63) is 70.5 Å². The first-order valence-electron chi connectivity index (χ1n) is 9.99. The fraction of sp³-hybridized carbons (Fsp3) is 0.304. The molecule has 0 saturated carbocycles. The molecule has 0 unspecified atom stereocenters. The molecule has 0 aromatic heterocycles. The molecule has 31 heavy (non-hydrogen) atoms. The van der Waals surface area contributed by atoms with Crippen LogP contribution in [0.2, 0.25) is 5.02 Å². The Balaban J connectivity index is 1.65.